The second-order valence-corrected chi connectivity index (χ2v) is 2.96. The Labute approximate surface area is 71.5 Å². The molecule has 66 valence electrons. The number of hydrogen-bond donors (Lipinski definition) is 3. The van der Waals surface area contributed by atoms with Crippen molar-refractivity contribution < 1.29 is 8.76 Å². The molecular weight excluding hydrogens is 180 g/mol. The first-order valence-electron chi connectivity index (χ1n) is 3.07. The molecule has 1 aromatic rings. The smallest absolute Gasteiger partial charge is 0.237 e. The summed E-state index contributed by atoms with van der Waals surface area (Å²) >= 11 is -1.86. The van der Waals surface area contributed by atoms with Gasteiger partial charge in [-0.3, -0.25) is 5.43 Å². The zero-order chi connectivity index (χ0) is 8.97. The largest absolute Gasteiger partial charge is 0.306 e. The van der Waals surface area contributed by atoms with Crippen molar-refractivity contribution in [3.63, 3.8) is 0 Å². The minimum absolute atomic E-state index is 0.0326. The fourth-order valence-electron chi connectivity index (χ4n) is 0.646. The summed E-state index contributed by atoms with van der Waals surface area (Å²) in [5.41, 5.74) is 2.84. The fourth-order valence-corrected chi connectivity index (χ4v) is 1.08. The van der Waals surface area contributed by atoms with E-state index in [-0.39, 0.29) is 11.7 Å². The highest BCUT2D eigenvalue weighted by Crippen LogP contribution is 2.00. The molecule has 0 bridgehead atoms. The zero-order valence-electron chi connectivity index (χ0n) is 6.10. The van der Waals surface area contributed by atoms with Crippen molar-refractivity contribution in [1.29, 1.82) is 0 Å². The minimum Gasteiger partial charge on any atom is -0.306 e. The summed E-state index contributed by atoms with van der Waals surface area (Å²) in [7, 11) is 0. The fraction of sp³-hybridized carbons (Fsp3) is 0.200. The summed E-state index contributed by atoms with van der Waals surface area (Å²) in [5.74, 6) is 5.33. The van der Waals surface area contributed by atoms with E-state index >= 15 is 0 Å². The molecule has 0 aliphatic carbocycles. The highest BCUT2D eigenvalue weighted by Gasteiger charge is 1.98. The van der Waals surface area contributed by atoms with E-state index in [1.807, 2.05) is 0 Å². The molecule has 1 heterocycles. The van der Waals surface area contributed by atoms with Crippen LogP contribution in [0.25, 0.3) is 0 Å². The molecule has 0 radical (unpaired) electrons. The molecule has 0 saturated carbocycles. The highest BCUT2D eigenvalue weighted by atomic mass is 32.2. The van der Waals surface area contributed by atoms with Crippen LogP contribution in [0.4, 0.5) is 5.95 Å². The van der Waals surface area contributed by atoms with Crippen LogP contribution in [-0.4, -0.2) is 18.7 Å². The van der Waals surface area contributed by atoms with E-state index in [9.17, 15) is 4.21 Å². The Balaban J connectivity index is 2.71. The maximum absolute atomic E-state index is 10.3. The van der Waals surface area contributed by atoms with Gasteiger partial charge in [-0.25, -0.2) is 20.0 Å². The van der Waals surface area contributed by atoms with Crippen LogP contribution in [0, 0.1) is 0 Å². The van der Waals surface area contributed by atoms with Crippen LogP contribution in [0.1, 0.15) is 5.56 Å². The van der Waals surface area contributed by atoms with Crippen LogP contribution in [0.2, 0.25) is 0 Å². The normalized spacial score (nSPS) is 12.5. The third-order valence-corrected chi connectivity index (χ3v) is 1.70. The zero-order valence-corrected chi connectivity index (χ0v) is 6.91. The van der Waals surface area contributed by atoms with Gasteiger partial charge in [0.2, 0.25) is 5.95 Å². The average Bonchev–Trinajstić information content (AvgIpc) is 2.05. The minimum atomic E-state index is -1.86. The van der Waals surface area contributed by atoms with E-state index in [0.29, 0.717) is 5.56 Å². The first-order valence-corrected chi connectivity index (χ1v) is 4.35. The average molecular weight is 188 g/mol. The lowest BCUT2D eigenvalue weighted by molar-refractivity contribution is 0.563. The van der Waals surface area contributed by atoms with Crippen molar-refractivity contribution in [3.05, 3.63) is 18.0 Å². The Morgan fingerprint density at radius 1 is 1.58 bits per heavy atom. The molecule has 0 aromatic carbocycles. The van der Waals surface area contributed by atoms with Crippen molar-refractivity contribution in [2.45, 2.75) is 5.75 Å². The van der Waals surface area contributed by atoms with E-state index in [2.05, 4.69) is 15.4 Å². The van der Waals surface area contributed by atoms with Crippen molar-refractivity contribution in [3.8, 4) is 0 Å². The molecule has 0 fully saturated rings. The molecule has 7 heteroatoms. The third kappa shape index (κ3) is 2.53. The number of anilines is 1. The van der Waals surface area contributed by atoms with Crippen LogP contribution in [0.15, 0.2) is 12.4 Å². The number of nitrogens with two attached hydrogens (primary N) is 1. The van der Waals surface area contributed by atoms with Gasteiger partial charge in [-0.05, 0) is 0 Å². The maximum atomic E-state index is 10.3. The molecule has 1 atom stereocenters. The number of hydrogen-bond acceptors (Lipinski definition) is 5. The Bertz CT molecular complexity index is 275. The summed E-state index contributed by atoms with van der Waals surface area (Å²) in [6.45, 7) is 0. The lowest BCUT2D eigenvalue weighted by Gasteiger charge is -1.98. The molecule has 1 aromatic heterocycles. The molecule has 0 amide bonds. The first kappa shape index (κ1) is 9.04. The SMILES string of the molecule is NNc1ncc(CS(=O)O)cn1. The molecular formula is C5H8N4O2S. The quantitative estimate of drug-likeness (QED) is 0.335. The van der Waals surface area contributed by atoms with Crippen LogP contribution < -0.4 is 11.3 Å². The van der Waals surface area contributed by atoms with Gasteiger partial charge in [0, 0.05) is 18.0 Å². The number of hydrazine groups is 1. The summed E-state index contributed by atoms with van der Waals surface area (Å²) in [4.78, 5) is 7.51. The van der Waals surface area contributed by atoms with Crippen molar-refractivity contribution in [1.82, 2.24) is 9.97 Å². The molecule has 6 nitrogen and oxygen atoms in total. The van der Waals surface area contributed by atoms with E-state index in [4.69, 9.17) is 10.4 Å². The monoisotopic (exact) mass is 188 g/mol. The predicted octanol–water partition coefficient (Wildman–Crippen LogP) is -0.516. The second-order valence-electron chi connectivity index (χ2n) is 2.03. The molecule has 0 aliphatic rings. The van der Waals surface area contributed by atoms with Crippen LogP contribution >= 0.6 is 0 Å². The van der Waals surface area contributed by atoms with Crippen LogP contribution in [0.3, 0.4) is 0 Å². The Morgan fingerprint density at radius 2 is 2.17 bits per heavy atom. The van der Waals surface area contributed by atoms with Gasteiger partial charge in [0.15, 0.2) is 11.1 Å². The summed E-state index contributed by atoms with van der Waals surface area (Å²) in [6.07, 6.45) is 2.88. The highest BCUT2D eigenvalue weighted by molar-refractivity contribution is 7.78. The topological polar surface area (TPSA) is 101 Å². The van der Waals surface area contributed by atoms with Crippen LogP contribution in [0.5, 0.6) is 0 Å². The Morgan fingerprint density at radius 3 is 2.58 bits per heavy atom. The lowest BCUT2D eigenvalue weighted by Crippen LogP contribution is -2.10. The lowest BCUT2D eigenvalue weighted by atomic mass is 10.4. The van der Waals surface area contributed by atoms with Crippen molar-refractivity contribution >= 4 is 17.0 Å². The van der Waals surface area contributed by atoms with E-state index in [1.165, 1.54) is 12.4 Å². The van der Waals surface area contributed by atoms with E-state index in [0.717, 1.165) is 0 Å². The van der Waals surface area contributed by atoms with Crippen molar-refractivity contribution in [2.75, 3.05) is 5.43 Å². The van der Waals surface area contributed by atoms with Gasteiger partial charge >= 0.3 is 0 Å². The molecule has 0 saturated heterocycles. The van der Waals surface area contributed by atoms with Gasteiger partial charge in [-0.1, -0.05) is 0 Å². The molecule has 1 unspecified atom stereocenters. The van der Waals surface area contributed by atoms with E-state index < -0.39 is 11.1 Å². The molecule has 4 N–H and O–H groups in total. The molecule has 12 heavy (non-hydrogen) atoms. The number of nitrogens with one attached hydrogen (secondary N) is 1. The number of aromatic nitrogens is 2. The van der Waals surface area contributed by atoms with Gasteiger partial charge in [-0.2, -0.15) is 0 Å². The number of nitrogen functional groups attached to an aromatic ring is 1. The Hall–Kier alpha value is -1.05. The first-order chi connectivity index (χ1) is 5.72. The van der Waals surface area contributed by atoms with E-state index in [1.54, 1.807) is 0 Å². The molecule has 0 spiro atoms. The second kappa shape index (κ2) is 4.10. The van der Waals surface area contributed by atoms with Crippen LogP contribution in [-0.2, 0) is 16.8 Å². The van der Waals surface area contributed by atoms with Gasteiger partial charge in [-0.15, -0.1) is 0 Å². The predicted molar refractivity (Wildman–Crippen MR) is 44.3 cm³/mol. The summed E-state index contributed by atoms with van der Waals surface area (Å²) in [6, 6.07) is 0. The number of nitrogens with zero attached hydrogens (tertiary/aromatic N) is 2. The number of rotatable bonds is 3. The standard InChI is InChI=1S/C5H8N4O2S/c6-9-5-7-1-4(2-8-5)3-12(10)11/h1-2H,3,6H2,(H,10,11)(H,7,8,9). The third-order valence-electron chi connectivity index (χ3n) is 1.12. The summed E-state index contributed by atoms with van der Waals surface area (Å²) < 4.78 is 18.8. The van der Waals surface area contributed by atoms with Gasteiger partial charge in [0.05, 0.1) is 5.75 Å². The van der Waals surface area contributed by atoms with Gasteiger partial charge in [0.25, 0.3) is 0 Å². The molecule has 0 aliphatic heterocycles. The maximum Gasteiger partial charge on any atom is 0.237 e. The van der Waals surface area contributed by atoms with Gasteiger partial charge < -0.3 is 4.55 Å². The molecule has 1 rings (SSSR count). The van der Waals surface area contributed by atoms with Gasteiger partial charge in [0.1, 0.15) is 0 Å². The van der Waals surface area contributed by atoms with Crippen molar-refractivity contribution in [2.24, 2.45) is 5.84 Å². The Kier molecular flexibility index (Phi) is 3.09. The summed E-state index contributed by atoms with van der Waals surface area (Å²) in [5, 5.41) is 0.